The number of unbranched alkanes of at least 4 members (excludes halogenated alkanes) is 1. The summed E-state index contributed by atoms with van der Waals surface area (Å²) in [6.07, 6.45) is 2.42. The van der Waals surface area contributed by atoms with Gasteiger partial charge < -0.3 is 64.5 Å². The molecule has 15 N–H and O–H groups in total. The maximum atomic E-state index is 14.9. The van der Waals surface area contributed by atoms with E-state index in [0.29, 0.717) is 29.5 Å². The number of hydrogen-bond acceptors (Lipinski definition) is 13. The first-order valence-corrected chi connectivity index (χ1v) is 29.0. The number of hydrogen-bond donors (Lipinski definition) is 14. The van der Waals surface area contributed by atoms with Gasteiger partial charge >= 0.3 is 0 Å². The van der Waals surface area contributed by atoms with E-state index in [4.69, 9.17) is 17.2 Å². The normalized spacial score (nSPS) is 14.2. The van der Waals surface area contributed by atoms with Crippen LogP contribution >= 0.6 is 25.3 Å². The fourth-order valence-electron chi connectivity index (χ4n) is 9.73. The third-order valence-corrected chi connectivity index (χ3v) is 15.3. The van der Waals surface area contributed by atoms with Crippen LogP contribution in [0.3, 0.4) is 0 Å². The van der Waals surface area contributed by atoms with Crippen molar-refractivity contribution in [3.63, 3.8) is 0 Å². The second kappa shape index (κ2) is 30.2. The fraction of sp³-hybridized carbons (Fsp3) is 0.323. The number of thiol groups is 2. The molecule has 442 valence electrons. The van der Waals surface area contributed by atoms with E-state index in [1.165, 1.54) is 12.1 Å². The van der Waals surface area contributed by atoms with E-state index in [-0.39, 0.29) is 49.5 Å². The zero-order chi connectivity index (χ0) is 60.5. The van der Waals surface area contributed by atoms with Crippen molar-refractivity contribution in [2.75, 3.05) is 18.1 Å². The Morgan fingerprint density at radius 1 is 0.512 bits per heavy atom. The number of para-hydroxylation sites is 1. The van der Waals surface area contributed by atoms with Crippen LogP contribution in [0.4, 0.5) is 0 Å². The zero-order valence-corrected chi connectivity index (χ0v) is 48.5. The Morgan fingerprint density at radius 3 is 1.61 bits per heavy atom. The van der Waals surface area contributed by atoms with Crippen LogP contribution in [0.1, 0.15) is 61.4 Å². The van der Waals surface area contributed by atoms with Crippen LogP contribution in [0, 0.1) is 5.92 Å². The van der Waals surface area contributed by atoms with E-state index >= 15 is 0 Å². The molecule has 0 saturated heterocycles. The molecule has 0 spiro atoms. The third-order valence-electron chi connectivity index (χ3n) is 14.5. The highest BCUT2D eigenvalue weighted by atomic mass is 32.1. The van der Waals surface area contributed by atoms with Crippen LogP contribution in [0.25, 0.3) is 32.4 Å². The third kappa shape index (κ3) is 17.1. The average Bonchev–Trinajstić information content (AvgIpc) is 4.11. The summed E-state index contributed by atoms with van der Waals surface area (Å²) in [5, 5.41) is 33.7. The van der Waals surface area contributed by atoms with Crippen molar-refractivity contribution in [1.82, 2.24) is 42.2 Å². The van der Waals surface area contributed by atoms with Crippen molar-refractivity contribution < 1.29 is 43.5 Å². The lowest BCUT2D eigenvalue weighted by atomic mass is 9.99. The highest BCUT2D eigenvalue weighted by Gasteiger charge is 2.35. The van der Waals surface area contributed by atoms with Gasteiger partial charge in [0.05, 0.1) is 0 Å². The Labute approximate surface area is 497 Å². The van der Waals surface area contributed by atoms with Crippen LogP contribution in [-0.4, -0.2) is 118 Å². The van der Waals surface area contributed by atoms with Crippen molar-refractivity contribution in [3.05, 3.63) is 162 Å². The van der Waals surface area contributed by atoms with Crippen molar-refractivity contribution in [3.8, 4) is 5.75 Å². The number of aromatic hydroxyl groups is 1. The molecule has 0 bridgehead atoms. The Kier molecular flexibility index (Phi) is 22.7. The van der Waals surface area contributed by atoms with Gasteiger partial charge in [0.15, 0.2) is 0 Å². The number of phenolic OH excluding ortho intramolecular Hbond substituents is 1. The van der Waals surface area contributed by atoms with E-state index < -0.39 is 102 Å². The van der Waals surface area contributed by atoms with E-state index in [0.717, 1.165) is 38.0 Å². The molecular formula is C62H73N11O9S2. The van der Waals surface area contributed by atoms with Gasteiger partial charge in [-0.1, -0.05) is 123 Å². The fourth-order valence-corrected chi connectivity index (χ4v) is 10.2. The van der Waals surface area contributed by atoms with Crippen LogP contribution in [0.15, 0.2) is 140 Å². The molecule has 1 heterocycles. The Morgan fingerprint density at radius 2 is 1.00 bits per heavy atom. The SMILES string of the molecule is CC(C)[C@H](NC(=O)[C@H](CCCCN)NC(=O)[C@@H](Cc1c[nH]c2ccccc12)NC(=O)[C@H](Cc1ccc(O)cc1)NC(=O)[C@H](CS)NC(=O)[C@H](N)c1ccc2ccccc2c1)C(=O)N[C@@H](CS)C(=O)N[C@@H](Cc1ccc2ccccc2c1)C(N)=O. The van der Waals surface area contributed by atoms with Gasteiger partial charge in [0.25, 0.3) is 0 Å². The standard InChI is InChI=1S/C62H73N11O9S2/c1-35(2)54(62(82)72-52(34-84)59(79)68-48(55(65)75)29-37-18-21-38-11-3-5-13-40(38)27-37)73-56(76)47(17-9-10-26-63)67-58(78)50(31-43-32-66-46-16-8-7-15-45(43)46)70-57(77)49(28-36-19-24-44(74)25-20-36)69-60(80)51(33-83)71-61(81)53(64)42-23-22-39-12-4-6-14-41(39)30-42/h3-8,11-16,18-25,27,30,32,35,47-54,66,74,83-84H,9-10,17,26,28-29,31,33-34,63-64H2,1-2H3,(H2,65,75)(H,67,78)(H,68,79)(H,69,80)(H,70,77)(H,71,81)(H,72,82)(H,73,76)/t47-,48-,49-,50+,51-,52-,53+,54-/m0/s1. The molecule has 0 fully saturated rings. The van der Waals surface area contributed by atoms with E-state index in [1.807, 2.05) is 97.1 Å². The number of primary amides is 1. The predicted octanol–water partition coefficient (Wildman–Crippen LogP) is 3.43. The number of rotatable bonds is 29. The molecule has 20 nitrogen and oxygen atoms in total. The number of aromatic nitrogens is 1. The lowest BCUT2D eigenvalue weighted by molar-refractivity contribution is -0.136. The summed E-state index contributed by atoms with van der Waals surface area (Å²) in [6.45, 7) is 3.64. The Hall–Kier alpha value is -8.44. The molecule has 0 aliphatic carbocycles. The molecule has 7 aromatic rings. The van der Waals surface area contributed by atoms with Gasteiger partial charge in [-0.05, 0) is 99.8 Å². The van der Waals surface area contributed by atoms with Gasteiger partial charge in [-0.25, -0.2) is 0 Å². The minimum atomic E-state index is -1.40. The molecule has 22 heteroatoms. The number of amides is 8. The Bertz CT molecular complexity index is 3470. The van der Waals surface area contributed by atoms with E-state index in [1.54, 1.807) is 44.3 Å². The average molecular weight is 1180 g/mol. The first kappa shape index (κ1) is 63.1. The summed E-state index contributed by atoms with van der Waals surface area (Å²) in [5.74, 6) is -7.06. The highest BCUT2D eigenvalue weighted by molar-refractivity contribution is 7.80. The number of fused-ring (bicyclic) bond motifs is 3. The van der Waals surface area contributed by atoms with Crippen LogP contribution < -0.4 is 54.4 Å². The maximum absolute atomic E-state index is 14.9. The quantitative estimate of drug-likeness (QED) is 0.0238. The van der Waals surface area contributed by atoms with Crippen molar-refractivity contribution in [2.24, 2.45) is 23.1 Å². The molecule has 6 aromatic carbocycles. The van der Waals surface area contributed by atoms with Gasteiger partial charge in [-0.2, -0.15) is 25.3 Å². The van der Waals surface area contributed by atoms with Gasteiger partial charge in [-0.3, -0.25) is 38.4 Å². The summed E-state index contributed by atoms with van der Waals surface area (Å²) in [7, 11) is 0. The maximum Gasteiger partial charge on any atom is 0.244 e. The number of carbonyl (C=O) groups is 8. The second-order valence-corrected chi connectivity index (χ2v) is 21.8. The van der Waals surface area contributed by atoms with Gasteiger partial charge in [0, 0.05) is 47.9 Å². The molecule has 84 heavy (non-hydrogen) atoms. The largest absolute Gasteiger partial charge is 0.508 e. The minimum absolute atomic E-state index is 0.0430. The highest BCUT2D eigenvalue weighted by Crippen LogP contribution is 2.23. The molecular weight excluding hydrogens is 1110 g/mol. The van der Waals surface area contributed by atoms with E-state index in [9.17, 15) is 43.5 Å². The van der Waals surface area contributed by atoms with E-state index in [2.05, 4.69) is 67.5 Å². The van der Waals surface area contributed by atoms with Crippen LogP contribution in [0.5, 0.6) is 5.75 Å². The minimum Gasteiger partial charge on any atom is -0.508 e. The summed E-state index contributed by atoms with van der Waals surface area (Å²) < 4.78 is 0. The number of aromatic amines is 1. The summed E-state index contributed by atoms with van der Waals surface area (Å²) in [4.78, 5) is 116. The van der Waals surface area contributed by atoms with Crippen molar-refractivity contribution >= 4 is 105 Å². The zero-order valence-electron chi connectivity index (χ0n) is 46.7. The predicted molar refractivity (Wildman–Crippen MR) is 331 cm³/mol. The monoisotopic (exact) mass is 1180 g/mol. The summed E-state index contributed by atoms with van der Waals surface area (Å²) >= 11 is 8.70. The lowest BCUT2D eigenvalue weighted by Crippen LogP contribution is -2.61. The number of H-pyrrole nitrogens is 1. The molecule has 0 aliphatic heterocycles. The molecule has 0 unspecified atom stereocenters. The smallest absolute Gasteiger partial charge is 0.244 e. The van der Waals surface area contributed by atoms with Crippen LogP contribution in [0.2, 0.25) is 0 Å². The van der Waals surface area contributed by atoms with Crippen molar-refractivity contribution in [2.45, 2.75) is 101 Å². The first-order valence-electron chi connectivity index (χ1n) is 27.7. The summed E-state index contributed by atoms with van der Waals surface area (Å²) in [6, 6.07) is 29.3. The molecule has 8 atom stereocenters. The molecule has 7 rings (SSSR count). The first-order chi connectivity index (χ1) is 40.3. The topological polar surface area (TPSA) is 335 Å². The van der Waals surface area contributed by atoms with Gasteiger partial charge in [0.2, 0.25) is 47.3 Å². The molecule has 8 amide bonds. The number of nitrogens with two attached hydrogens (primary N) is 3. The van der Waals surface area contributed by atoms with Crippen molar-refractivity contribution in [1.29, 1.82) is 0 Å². The van der Waals surface area contributed by atoms with Crippen LogP contribution in [-0.2, 0) is 57.6 Å². The molecule has 1 aromatic heterocycles. The summed E-state index contributed by atoms with van der Waals surface area (Å²) in [5.41, 5.74) is 21.2. The number of benzene rings is 6. The number of phenols is 1. The molecule has 0 aliphatic rings. The number of nitrogens with one attached hydrogen (secondary N) is 8. The van der Waals surface area contributed by atoms with Gasteiger partial charge in [-0.15, -0.1) is 0 Å². The second-order valence-electron chi connectivity index (χ2n) is 21.1. The number of carbonyl (C=O) groups excluding carboxylic acids is 8. The molecule has 0 saturated carbocycles. The lowest BCUT2D eigenvalue weighted by Gasteiger charge is -2.29. The molecule has 0 radical (unpaired) electrons. The van der Waals surface area contributed by atoms with Gasteiger partial charge in [0.1, 0.15) is 54.1 Å². The Balaban J connectivity index is 1.09.